The molecule has 1 atom stereocenters. The molecule has 0 bridgehead atoms. The van der Waals surface area contributed by atoms with E-state index in [2.05, 4.69) is 24.5 Å². The maximum Gasteiger partial charge on any atom is 0.171 e. The van der Waals surface area contributed by atoms with Crippen LogP contribution in [0, 0.1) is 0 Å². The molecule has 0 unspecified atom stereocenters. The molecule has 0 radical (unpaired) electrons. The fraction of sp³-hybridized carbons (Fsp3) is 0.409. The zero-order valence-corrected chi connectivity index (χ0v) is 17.9. The number of methoxy groups -OCH3 is 1. The minimum absolute atomic E-state index is 0.0175. The molecule has 0 fully saturated rings. The van der Waals surface area contributed by atoms with Gasteiger partial charge in [-0.3, -0.25) is 0 Å². The van der Waals surface area contributed by atoms with E-state index in [-0.39, 0.29) is 17.7 Å². The fourth-order valence-electron chi connectivity index (χ4n) is 3.33. The standard InChI is InChI=1S/C22H28N2O3S/c1-14(2)26-17-8-6-7-15(11-17)23-21(28)24-19-13-22(3,4)27-20-10-9-16(25-5)12-18(19)20/h6-12,14,19H,13H2,1-5H3,(H2,23,24,28)/t19-/m1/s1. The van der Waals surface area contributed by atoms with Crippen LogP contribution in [0.25, 0.3) is 0 Å². The molecule has 6 heteroatoms. The van der Waals surface area contributed by atoms with Gasteiger partial charge in [0.05, 0.1) is 19.3 Å². The van der Waals surface area contributed by atoms with Crippen molar-refractivity contribution >= 4 is 23.0 Å². The molecule has 28 heavy (non-hydrogen) atoms. The van der Waals surface area contributed by atoms with Gasteiger partial charge in [0.25, 0.3) is 0 Å². The summed E-state index contributed by atoms with van der Waals surface area (Å²) in [5.41, 5.74) is 1.63. The van der Waals surface area contributed by atoms with Gasteiger partial charge in [0, 0.05) is 23.7 Å². The van der Waals surface area contributed by atoms with Crippen LogP contribution in [0.15, 0.2) is 42.5 Å². The van der Waals surface area contributed by atoms with Crippen molar-refractivity contribution in [2.24, 2.45) is 0 Å². The number of rotatable bonds is 5. The Morgan fingerprint density at radius 1 is 1.18 bits per heavy atom. The van der Waals surface area contributed by atoms with Crippen LogP contribution >= 0.6 is 12.2 Å². The fourth-order valence-corrected chi connectivity index (χ4v) is 3.59. The predicted molar refractivity (Wildman–Crippen MR) is 117 cm³/mol. The summed E-state index contributed by atoms with van der Waals surface area (Å²) in [6, 6.07) is 13.7. The largest absolute Gasteiger partial charge is 0.497 e. The molecule has 0 saturated heterocycles. The smallest absolute Gasteiger partial charge is 0.171 e. The van der Waals surface area contributed by atoms with Gasteiger partial charge in [-0.1, -0.05) is 6.07 Å². The average molecular weight is 401 g/mol. The van der Waals surface area contributed by atoms with Crippen LogP contribution in [0.5, 0.6) is 17.2 Å². The minimum atomic E-state index is -0.292. The van der Waals surface area contributed by atoms with E-state index in [0.29, 0.717) is 5.11 Å². The quantitative estimate of drug-likeness (QED) is 0.684. The second-order valence-electron chi connectivity index (χ2n) is 7.82. The molecule has 150 valence electrons. The Bertz CT molecular complexity index is 851. The molecule has 1 aliphatic heterocycles. The molecule has 1 aliphatic rings. The lowest BCUT2D eigenvalue weighted by Gasteiger charge is -2.38. The highest BCUT2D eigenvalue weighted by Gasteiger charge is 2.34. The number of nitrogens with one attached hydrogen (secondary N) is 2. The van der Waals surface area contributed by atoms with Gasteiger partial charge in [-0.05, 0) is 70.2 Å². The second-order valence-corrected chi connectivity index (χ2v) is 8.22. The van der Waals surface area contributed by atoms with Crippen molar-refractivity contribution in [3.05, 3.63) is 48.0 Å². The second kappa shape index (κ2) is 8.27. The first-order chi connectivity index (χ1) is 13.3. The molecule has 1 heterocycles. The molecule has 0 spiro atoms. The molecule has 2 aromatic rings. The summed E-state index contributed by atoms with van der Waals surface area (Å²) in [4.78, 5) is 0. The van der Waals surface area contributed by atoms with Crippen molar-refractivity contribution in [1.82, 2.24) is 5.32 Å². The number of thiocarbonyl (C=S) groups is 1. The summed E-state index contributed by atoms with van der Waals surface area (Å²) < 4.78 is 17.3. The molecule has 3 rings (SSSR count). The maximum absolute atomic E-state index is 6.13. The first kappa shape index (κ1) is 20.3. The van der Waals surface area contributed by atoms with Gasteiger partial charge in [0.15, 0.2) is 5.11 Å². The highest BCUT2D eigenvalue weighted by Crippen LogP contribution is 2.41. The SMILES string of the molecule is COc1ccc2c(c1)[C@H](NC(=S)Nc1cccc(OC(C)C)c1)CC(C)(C)O2. The Hall–Kier alpha value is -2.47. The first-order valence-corrected chi connectivity index (χ1v) is 9.88. The van der Waals surface area contributed by atoms with Crippen molar-refractivity contribution in [1.29, 1.82) is 0 Å². The first-order valence-electron chi connectivity index (χ1n) is 9.47. The zero-order chi connectivity index (χ0) is 20.3. The monoisotopic (exact) mass is 400 g/mol. The predicted octanol–water partition coefficient (Wildman–Crippen LogP) is 5.07. The van der Waals surface area contributed by atoms with E-state index < -0.39 is 0 Å². The third-order valence-electron chi connectivity index (χ3n) is 4.44. The molecular formula is C22H28N2O3S. The Balaban J connectivity index is 1.75. The lowest BCUT2D eigenvalue weighted by atomic mass is 9.89. The lowest BCUT2D eigenvalue weighted by molar-refractivity contribution is 0.0695. The minimum Gasteiger partial charge on any atom is -0.497 e. The number of fused-ring (bicyclic) bond motifs is 1. The number of benzene rings is 2. The molecular weight excluding hydrogens is 372 g/mol. The van der Waals surface area contributed by atoms with E-state index in [4.69, 9.17) is 26.4 Å². The molecule has 0 saturated carbocycles. The van der Waals surface area contributed by atoms with Crippen LogP contribution in [0.3, 0.4) is 0 Å². The topological polar surface area (TPSA) is 51.8 Å². The number of ether oxygens (including phenoxy) is 3. The summed E-state index contributed by atoms with van der Waals surface area (Å²) in [6.45, 7) is 8.17. The molecule has 5 nitrogen and oxygen atoms in total. The lowest BCUT2D eigenvalue weighted by Crippen LogP contribution is -2.42. The molecule has 0 aromatic heterocycles. The van der Waals surface area contributed by atoms with Crippen LogP contribution in [0.1, 0.15) is 45.7 Å². The Morgan fingerprint density at radius 2 is 1.96 bits per heavy atom. The van der Waals surface area contributed by atoms with Crippen molar-refractivity contribution < 1.29 is 14.2 Å². The summed E-state index contributed by atoms with van der Waals surface area (Å²) in [6.07, 6.45) is 0.905. The zero-order valence-electron chi connectivity index (χ0n) is 17.0. The molecule has 2 aromatic carbocycles. The third kappa shape index (κ3) is 5.07. The summed E-state index contributed by atoms with van der Waals surface area (Å²) in [5.74, 6) is 2.46. The number of hydrogen-bond acceptors (Lipinski definition) is 4. The van der Waals surface area contributed by atoms with Crippen molar-refractivity contribution in [3.8, 4) is 17.2 Å². The maximum atomic E-state index is 6.13. The van der Waals surface area contributed by atoms with Crippen molar-refractivity contribution in [3.63, 3.8) is 0 Å². The summed E-state index contributed by atoms with van der Waals surface area (Å²) in [7, 11) is 1.66. The molecule has 0 amide bonds. The van der Waals surface area contributed by atoms with E-state index in [1.165, 1.54) is 0 Å². The van der Waals surface area contributed by atoms with Gasteiger partial charge >= 0.3 is 0 Å². The van der Waals surface area contributed by atoms with Crippen LogP contribution in [0.4, 0.5) is 5.69 Å². The molecule has 2 N–H and O–H groups in total. The average Bonchev–Trinajstić information content (AvgIpc) is 2.60. The van der Waals surface area contributed by atoms with Gasteiger partial charge in [0.1, 0.15) is 22.8 Å². The van der Waals surface area contributed by atoms with E-state index in [9.17, 15) is 0 Å². The van der Waals surface area contributed by atoms with Crippen LogP contribution < -0.4 is 24.8 Å². The Labute approximate surface area is 172 Å². The van der Waals surface area contributed by atoms with E-state index >= 15 is 0 Å². The van der Waals surface area contributed by atoms with Crippen molar-refractivity contribution in [2.75, 3.05) is 12.4 Å². The van der Waals surface area contributed by atoms with Gasteiger partial charge in [-0.15, -0.1) is 0 Å². The normalized spacial score (nSPS) is 17.3. The summed E-state index contributed by atoms with van der Waals surface area (Å²) in [5, 5.41) is 7.25. The number of hydrogen-bond donors (Lipinski definition) is 2. The van der Waals surface area contributed by atoms with Gasteiger partial charge in [-0.2, -0.15) is 0 Å². The number of anilines is 1. The van der Waals surface area contributed by atoms with Crippen LogP contribution in [0.2, 0.25) is 0 Å². The highest BCUT2D eigenvalue weighted by atomic mass is 32.1. The van der Waals surface area contributed by atoms with E-state index in [1.54, 1.807) is 7.11 Å². The van der Waals surface area contributed by atoms with Gasteiger partial charge < -0.3 is 24.8 Å². The Kier molecular flexibility index (Phi) is 5.98. The Morgan fingerprint density at radius 3 is 2.68 bits per heavy atom. The molecule has 0 aliphatic carbocycles. The van der Waals surface area contributed by atoms with E-state index in [1.807, 2.05) is 56.3 Å². The third-order valence-corrected chi connectivity index (χ3v) is 4.66. The van der Waals surface area contributed by atoms with Gasteiger partial charge in [-0.25, -0.2) is 0 Å². The summed E-state index contributed by atoms with van der Waals surface area (Å²) >= 11 is 5.58. The van der Waals surface area contributed by atoms with Gasteiger partial charge in [0.2, 0.25) is 0 Å². The van der Waals surface area contributed by atoms with Crippen LogP contribution in [-0.4, -0.2) is 23.9 Å². The van der Waals surface area contributed by atoms with Crippen molar-refractivity contribution in [2.45, 2.75) is 51.9 Å². The van der Waals surface area contributed by atoms with Crippen LogP contribution in [-0.2, 0) is 0 Å². The highest BCUT2D eigenvalue weighted by molar-refractivity contribution is 7.80. The van der Waals surface area contributed by atoms with E-state index in [0.717, 1.165) is 34.9 Å².